The normalized spacial score (nSPS) is 29.0. The second kappa shape index (κ2) is 4.67. The van der Waals surface area contributed by atoms with Crippen LogP contribution in [0.4, 0.5) is 0 Å². The molecule has 1 N–H and O–H groups in total. The van der Waals surface area contributed by atoms with Gasteiger partial charge in [0.05, 0.1) is 6.10 Å². The van der Waals surface area contributed by atoms with Crippen LogP contribution < -0.4 is 0 Å². The van der Waals surface area contributed by atoms with Gasteiger partial charge in [-0.15, -0.1) is 11.3 Å². The van der Waals surface area contributed by atoms with E-state index in [1.807, 2.05) is 0 Å². The summed E-state index contributed by atoms with van der Waals surface area (Å²) in [5.74, 6) is 1.28. The van der Waals surface area contributed by atoms with Gasteiger partial charge < -0.3 is 5.11 Å². The van der Waals surface area contributed by atoms with E-state index in [0.29, 0.717) is 5.92 Å². The lowest BCUT2D eigenvalue weighted by Crippen LogP contribution is -2.19. The Balaban J connectivity index is 2.03. The number of hydrogen-bond donors (Lipinski definition) is 1. The van der Waals surface area contributed by atoms with Crippen LogP contribution >= 0.6 is 11.3 Å². The van der Waals surface area contributed by atoms with Crippen LogP contribution in [-0.4, -0.2) is 5.11 Å². The quantitative estimate of drug-likeness (QED) is 0.807. The van der Waals surface area contributed by atoms with E-state index >= 15 is 0 Å². The Morgan fingerprint density at radius 3 is 2.87 bits per heavy atom. The number of hydrogen-bond acceptors (Lipinski definition) is 2. The molecule has 0 amide bonds. The molecule has 1 heterocycles. The molecule has 1 aromatic heterocycles. The molecule has 1 saturated carbocycles. The van der Waals surface area contributed by atoms with E-state index in [0.717, 1.165) is 11.5 Å². The van der Waals surface area contributed by atoms with Crippen LogP contribution in [-0.2, 0) is 0 Å². The maximum Gasteiger partial charge on any atom is 0.0826 e. The first kappa shape index (κ1) is 11.2. The Labute approximate surface area is 96.1 Å². The van der Waals surface area contributed by atoms with Crippen molar-refractivity contribution in [2.75, 3.05) is 0 Å². The molecule has 84 valence electrons. The zero-order valence-electron chi connectivity index (χ0n) is 9.57. The molecule has 2 rings (SSSR count). The summed E-state index contributed by atoms with van der Waals surface area (Å²) in [5, 5.41) is 12.4. The van der Waals surface area contributed by atoms with Crippen molar-refractivity contribution < 1.29 is 5.11 Å². The fraction of sp³-hybridized carbons (Fsp3) is 0.692. The molecule has 3 atom stereocenters. The minimum absolute atomic E-state index is 0.224. The Morgan fingerprint density at radius 1 is 1.47 bits per heavy atom. The van der Waals surface area contributed by atoms with Crippen LogP contribution in [0.3, 0.4) is 0 Å². The molecule has 2 heteroatoms. The molecule has 1 fully saturated rings. The lowest BCUT2D eigenvalue weighted by Gasteiger charge is -2.30. The number of thiophene rings is 1. The van der Waals surface area contributed by atoms with Gasteiger partial charge in [0, 0.05) is 4.88 Å². The Morgan fingerprint density at radius 2 is 2.27 bits per heavy atom. The van der Waals surface area contributed by atoms with Gasteiger partial charge in [0.1, 0.15) is 0 Å². The van der Waals surface area contributed by atoms with E-state index in [9.17, 15) is 5.11 Å². The van der Waals surface area contributed by atoms with Crippen molar-refractivity contribution in [2.45, 2.75) is 45.6 Å². The van der Waals surface area contributed by atoms with Crippen molar-refractivity contribution in [2.24, 2.45) is 11.8 Å². The van der Waals surface area contributed by atoms with Gasteiger partial charge >= 0.3 is 0 Å². The third kappa shape index (κ3) is 2.61. The monoisotopic (exact) mass is 224 g/mol. The summed E-state index contributed by atoms with van der Waals surface area (Å²) >= 11 is 1.74. The van der Waals surface area contributed by atoms with E-state index in [1.54, 1.807) is 11.3 Å². The van der Waals surface area contributed by atoms with Crippen molar-refractivity contribution in [1.82, 2.24) is 0 Å². The van der Waals surface area contributed by atoms with Gasteiger partial charge in [-0.2, -0.15) is 0 Å². The molecule has 0 bridgehead atoms. The fourth-order valence-corrected chi connectivity index (χ4v) is 3.39. The summed E-state index contributed by atoms with van der Waals surface area (Å²) in [5.41, 5.74) is 1.14. The molecule has 0 aliphatic heterocycles. The van der Waals surface area contributed by atoms with Crippen molar-refractivity contribution in [1.29, 1.82) is 0 Å². The lowest BCUT2D eigenvalue weighted by molar-refractivity contribution is 0.0717. The average molecular weight is 224 g/mol. The van der Waals surface area contributed by atoms with Crippen LogP contribution in [0.25, 0.3) is 0 Å². The van der Waals surface area contributed by atoms with Gasteiger partial charge in [0.15, 0.2) is 0 Å². The summed E-state index contributed by atoms with van der Waals surface area (Å²) < 4.78 is 0. The van der Waals surface area contributed by atoms with Crippen molar-refractivity contribution in [3.8, 4) is 0 Å². The number of aryl methyl sites for hydroxylation is 1. The van der Waals surface area contributed by atoms with Gasteiger partial charge in [0.2, 0.25) is 0 Å². The van der Waals surface area contributed by atoms with Crippen LogP contribution in [0.2, 0.25) is 0 Å². The first-order valence-electron chi connectivity index (χ1n) is 5.90. The third-order valence-corrected chi connectivity index (χ3v) is 4.40. The Bertz CT molecular complexity index is 318. The molecular formula is C13H20OS. The largest absolute Gasteiger partial charge is 0.388 e. The van der Waals surface area contributed by atoms with E-state index in [4.69, 9.17) is 0 Å². The van der Waals surface area contributed by atoms with Gasteiger partial charge in [0.25, 0.3) is 0 Å². The predicted molar refractivity (Wildman–Crippen MR) is 65.1 cm³/mol. The maximum absolute atomic E-state index is 10.3. The highest BCUT2D eigenvalue weighted by molar-refractivity contribution is 7.10. The second-order valence-electron chi connectivity index (χ2n) is 4.97. The van der Waals surface area contributed by atoms with E-state index < -0.39 is 0 Å². The summed E-state index contributed by atoms with van der Waals surface area (Å²) in [4.78, 5) is 1.30. The number of aliphatic hydroxyl groups is 1. The zero-order valence-corrected chi connectivity index (χ0v) is 10.4. The highest BCUT2D eigenvalue weighted by atomic mass is 32.1. The molecular weight excluding hydrogens is 204 g/mol. The Kier molecular flexibility index (Phi) is 3.47. The fourth-order valence-electron chi connectivity index (χ4n) is 2.66. The standard InChI is InChI=1S/C13H20OS/c1-9-4-3-5-11(6-9)13(14)12-7-10(2)15-8-12/h7-9,11,13-14H,3-6H2,1-2H3. The van der Waals surface area contributed by atoms with Crippen molar-refractivity contribution >= 4 is 11.3 Å². The molecule has 1 aromatic rings. The third-order valence-electron chi connectivity index (χ3n) is 3.52. The van der Waals surface area contributed by atoms with Gasteiger partial charge in [-0.25, -0.2) is 0 Å². The SMILES string of the molecule is Cc1cc(C(O)C2CCCC(C)C2)cs1. The molecule has 0 saturated heterocycles. The summed E-state index contributed by atoms with van der Waals surface area (Å²) in [6.07, 6.45) is 4.78. The molecule has 15 heavy (non-hydrogen) atoms. The number of rotatable bonds is 2. The van der Waals surface area contributed by atoms with Crippen molar-refractivity contribution in [3.63, 3.8) is 0 Å². The minimum Gasteiger partial charge on any atom is -0.388 e. The first-order chi connectivity index (χ1) is 7.16. The van der Waals surface area contributed by atoms with Gasteiger partial charge in [-0.05, 0) is 48.6 Å². The highest BCUT2D eigenvalue weighted by Crippen LogP contribution is 2.37. The minimum atomic E-state index is -0.224. The summed E-state index contributed by atoms with van der Waals surface area (Å²) in [6, 6.07) is 2.13. The lowest BCUT2D eigenvalue weighted by atomic mass is 9.78. The smallest absolute Gasteiger partial charge is 0.0826 e. The molecule has 3 unspecified atom stereocenters. The molecule has 0 spiro atoms. The average Bonchev–Trinajstić information content (AvgIpc) is 2.64. The molecule has 0 aromatic carbocycles. The van der Waals surface area contributed by atoms with Crippen LogP contribution in [0.15, 0.2) is 11.4 Å². The summed E-state index contributed by atoms with van der Waals surface area (Å²) in [7, 11) is 0. The van der Waals surface area contributed by atoms with Crippen LogP contribution in [0, 0.1) is 18.8 Å². The molecule has 1 aliphatic carbocycles. The molecule has 1 nitrogen and oxygen atoms in total. The van der Waals surface area contributed by atoms with E-state index in [-0.39, 0.29) is 6.10 Å². The Hall–Kier alpha value is -0.340. The van der Waals surface area contributed by atoms with E-state index in [1.165, 1.54) is 30.6 Å². The molecule has 0 radical (unpaired) electrons. The number of aliphatic hydroxyl groups excluding tert-OH is 1. The first-order valence-corrected chi connectivity index (χ1v) is 6.78. The highest BCUT2D eigenvalue weighted by Gasteiger charge is 2.26. The van der Waals surface area contributed by atoms with E-state index in [2.05, 4.69) is 25.3 Å². The predicted octanol–water partition coefficient (Wildman–Crippen LogP) is 3.92. The van der Waals surface area contributed by atoms with Crippen LogP contribution in [0.5, 0.6) is 0 Å². The van der Waals surface area contributed by atoms with Crippen LogP contribution in [0.1, 0.15) is 49.2 Å². The van der Waals surface area contributed by atoms with Crippen molar-refractivity contribution in [3.05, 3.63) is 21.9 Å². The topological polar surface area (TPSA) is 20.2 Å². The second-order valence-corrected chi connectivity index (χ2v) is 6.08. The van der Waals surface area contributed by atoms with Gasteiger partial charge in [-0.3, -0.25) is 0 Å². The maximum atomic E-state index is 10.3. The van der Waals surface area contributed by atoms with Gasteiger partial charge in [-0.1, -0.05) is 19.8 Å². The molecule has 1 aliphatic rings. The zero-order chi connectivity index (χ0) is 10.8. The summed E-state index contributed by atoms with van der Waals surface area (Å²) in [6.45, 7) is 4.40.